The molecule has 108 valence electrons. The van der Waals surface area contributed by atoms with E-state index in [2.05, 4.69) is 5.32 Å². The second-order valence-electron chi connectivity index (χ2n) is 4.51. The molecule has 0 unspecified atom stereocenters. The molecule has 21 heavy (non-hydrogen) atoms. The van der Waals surface area contributed by atoms with Gasteiger partial charge in [-0.05, 0) is 36.8 Å². The van der Waals surface area contributed by atoms with Gasteiger partial charge in [-0.25, -0.2) is 4.79 Å². The van der Waals surface area contributed by atoms with Gasteiger partial charge in [0, 0.05) is 23.0 Å². The molecule has 5 N–H and O–H groups in total. The third-order valence-corrected chi connectivity index (χ3v) is 3.11. The molecule has 0 aliphatic heterocycles. The average Bonchev–Trinajstić information content (AvgIpc) is 2.41. The number of carboxylic acids is 1. The van der Waals surface area contributed by atoms with Crippen molar-refractivity contribution in [3.8, 4) is 5.75 Å². The second-order valence-corrected chi connectivity index (χ2v) is 4.51. The Bertz CT molecular complexity index is 726. The summed E-state index contributed by atoms with van der Waals surface area (Å²) in [7, 11) is 0. The van der Waals surface area contributed by atoms with Gasteiger partial charge in [-0.1, -0.05) is 6.07 Å². The average molecular weight is 286 g/mol. The molecule has 0 atom stereocenters. The maximum Gasteiger partial charge on any atom is 0.339 e. The topological polar surface area (TPSA) is 113 Å². The summed E-state index contributed by atoms with van der Waals surface area (Å²) in [6, 6.07) is 8.81. The van der Waals surface area contributed by atoms with E-state index in [0.29, 0.717) is 22.5 Å². The van der Waals surface area contributed by atoms with Crippen LogP contribution >= 0.6 is 0 Å². The van der Waals surface area contributed by atoms with Gasteiger partial charge in [-0.2, -0.15) is 0 Å². The monoisotopic (exact) mass is 286 g/mol. The quantitative estimate of drug-likeness (QED) is 0.646. The van der Waals surface area contributed by atoms with Gasteiger partial charge in [-0.3, -0.25) is 4.79 Å². The lowest BCUT2D eigenvalue weighted by molar-refractivity contribution is 0.0693. The number of nitrogen functional groups attached to an aromatic ring is 1. The maximum atomic E-state index is 12.2. The molecule has 2 aromatic carbocycles. The smallest absolute Gasteiger partial charge is 0.339 e. The van der Waals surface area contributed by atoms with Crippen LogP contribution in [0.25, 0.3) is 0 Å². The van der Waals surface area contributed by atoms with E-state index in [-0.39, 0.29) is 11.5 Å². The molecule has 2 aromatic rings. The first kappa shape index (κ1) is 14.4. The fourth-order valence-electron chi connectivity index (χ4n) is 1.89. The second kappa shape index (κ2) is 5.54. The molecule has 0 fully saturated rings. The van der Waals surface area contributed by atoms with Crippen molar-refractivity contribution in [3.05, 3.63) is 53.1 Å². The van der Waals surface area contributed by atoms with Crippen LogP contribution in [-0.4, -0.2) is 22.1 Å². The van der Waals surface area contributed by atoms with Crippen LogP contribution in [0.3, 0.4) is 0 Å². The largest absolute Gasteiger partial charge is 0.507 e. The standard InChI is InChI=1S/C15H14N2O4/c1-8-10(3-2-4-12(8)16)14(19)17-9-5-6-11(15(20)21)13(18)7-9/h2-7,18H,16H2,1H3,(H,17,19)(H,20,21). The molecule has 2 rings (SSSR count). The van der Waals surface area contributed by atoms with Crippen molar-refractivity contribution in [2.24, 2.45) is 0 Å². The van der Waals surface area contributed by atoms with Gasteiger partial charge in [0.2, 0.25) is 0 Å². The number of hydrogen-bond acceptors (Lipinski definition) is 4. The van der Waals surface area contributed by atoms with Crippen LogP contribution in [0.5, 0.6) is 5.75 Å². The molecule has 0 aromatic heterocycles. The Morgan fingerprint density at radius 2 is 1.86 bits per heavy atom. The molecule has 0 radical (unpaired) electrons. The molecular formula is C15H14N2O4. The number of aromatic carboxylic acids is 1. The highest BCUT2D eigenvalue weighted by Crippen LogP contribution is 2.23. The molecule has 0 saturated heterocycles. The molecule has 6 nitrogen and oxygen atoms in total. The number of benzene rings is 2. The van der Waals surface area contributed by atoms with Crippen molar-refractivity contribution in [2.75, 3.05) is 11.1 Å². The van der Waals surface area contributed by atoms with Gasteiger partial charge in [0.1, 0.15) is 11.3 Å². The van der Waals surface area contributed by atoms with E-state index in [1.54, 1.807) is 25.1 Å². The van der Waals surface area contributed by atoms with Gasteiger partial charge < -0.3 is 21.3 Å². The molecule has 0 aliphatic rings. The van der Waals surface area contributed by atoms with Crippen LogP contribution in [0.1, 0.15) is 26.3 Å². The number of rotatable bonds is 3. The summed E-state index contributed by atoms with van der Waals surface area (Å²) in [6.45, 7) is 1.73. The number of carbonyl (C=O) groups excluding carboxylic acids is 1. The van der Waals surface area contributed by atoms with Crippen LogP contribution in [0.4, 0.5) is 11.4 Å². The zero-order valence-corrected chi connectivity index (χ0v) is 11.3. The fraction of sp³-hybridized carbons (Fsp3) is 0.0667. The molecule has 0 aliphatic carbocycles. The highest BCUT2D eigenvalue weighted by molar-refractivity contribution is 6.06. The number of anilines is 2. The predicted octanol–water partition coefficient (Wildman–Crippen LogP) is 2.23. The van der Waals surface area contributed by atoms with Crippen molar-refractivity contribution in [2.45, 2.75) is 6.92 Å². The highest BCUT2D eigenvalue weighted by atomic mass is 16.4. The summed E-state index contributed by atoms with van der Waals surface area (Å²) in [5.41, 5.74) is 7.38. The minimum absolute atomic E-state index is 0.229. The number of amides is 1. The lowest BCUT2D eigenvalue weighted by Gasteiger charge is -2.10. The minimum atomic E-state index is -1.24. The Morgan fingerprint density at radius 3 is 2.48 bits per heavy atom. The number of hydrogen-bond donors (Lipinski definition) is 4. The van der Waals surface area contributed by atoms with Crippen LogP contribution in [-0.2, 0) is 0 Å². The summed E-state index contributed by atoms with van der Waals surface area (Å²) in [4.78, 5) is 23.0. The van der Waals surface area contributed by atoms with Crippen molar-refractivity contribution in [1.82, 2.24) is 0 Å². The van der Waals surface area contributed by atoms with Crippen molar-refractivity contribution < 1.29 is 19.8 Å². The summed E-state index contributed by atoms with van der Waals surface area (Å²) in [5.74, 6) is -2.04. The van der Waals surface area contributed by atoms with E-state index in [0.717, 1.165) is 0 Å². The Balaban J connectivity index is 2.26. The molecule has 0 heterocycles. The molecule has 0 bridgehead atoms. The van der Waals surface area contributed by atoms with E-state index in [9.17, 15) is 14.7 Å². The number of phenols is 1. The van der Waals surface area contributed by atoms with Gasteiger partial charge in [-0.15, -0.1) is 0 Å². The van der Waals surface area contributed by atoms with Gasteiger partial charge in [0.05, 0.1) is 0 Å². The molecular weight excluding hydrogens is 272 g/mol. The van der Waals surface area contributed by atoms with E-state index >= 15 is 0 Å². The van der Waals surface area contributed by atoms with Gasteiger partial charge >= 0.3 is 5.97 Å². The Labute approximate surface area is 120 Å². The van der Waals surface area contributed by atoms with Crippen molar-refractivity contribution in [3.63, 3.8) is 0 Å². The van der Waals surface area contributed by atoms with Crippen LogP contribution < -0.4 is 11.1 Å². The van der Waals surface area contributed by atoms with Crippen molar-refractivity contribution in [1.29, 1.82) is 0 Å². The predicted molar refractivity (Wildman–Crippen MR) is 78.6 cm³/mol. The van der Waals surface area contributed by atoms with E-state index < -0.39 is 11.7 Å². The minimum Gasteiger partial charge on any atom is -0.507 e. The lowest BCUT2D eigenvalue weighted by Crippen LogP contribution is -2.14. The van der Waals surface area contributed by atoms with Gasteiger partial charge in [0.15, 0.2) is 0 Å². The van der Waals surface area contributed by atoms with Crippen LogP contribution in [0.15, 0.2) is 36.4 Å². The van der Waals surface area contributed by atoms with Crippen LogP contribution in [0, 0.1) is 6.92 Å². The first-order valence-corrected chi connectivity index (χ1v) is 6.13. The van der Waals surface area contributed by atoms with E-state index in [1.807, 2.05) is 0 Å². The Kier molecular flexibility index (Phi) is 3.80. The summed E-state index contributed by atoms with van der Waals surface area (Å²) < 4.78 is 0. The normalized spacial score (nSPS) is 10.1. The number of aromatic hydroxyl groups is 1. The SMILES string of the molecule is Cc1c(N)cccc1C(=O)Nc1ccc(C(=O)O)c(O)c1. The lowest BCUT2D eigenvalue weighted by atomic mass is 10.1. The number of nitrogens with one attached hydrogen (secondary N) is 1. The first-order chi connectivity index (χ1) is 9.90. The van der Waals surface area contributed by atoms with Crippen LogP contribution in [0.2, 0.25) is 0 Å². The summed E-state index contributed by atoms with van der Waals surface area (Å²) in [6.07, 6.45) is 0. The molecule has 0 saturated carbocycles. The third kappa shape index (κ3) is 2.94. The molecule has 1 amide bonds. The van der Waals surface area contributed by atoms with Crippen molar-refractivity contribution >= 4 is 23.3 Å². The Hall–Kier alpha value is -3.02. The fourth-order valence-corrected chi connectivity index (χ4v) is 1.89. The Morgan fingerprint density at radius 1 is 1.14 bits per heavy atom. The number of nitrogens with two attached hydrogens (primary N) is 1. The molecule has 6 heteroatoms. The summed E-state index contributed by atoms with van der Waals surface area (Å²) in [5, 5.41) is 21.0. The number of carbonyl (C=O) groups is 2. The zero-order chi connectivity index (χ0) is 15.6. The first-order valence-electron chi connectivity index (χ1n) is 6.13. The maximum absolute atomic E-state index is 12.2. The summed E-state index contributed by atoms with van der Waals surface area (Å²) >= 11 is 0. The third-order valence-electron chi connectivity index (χ3n) is 3.11. The zero-order valence-electron chi connectivity index (χ0n) is 11.3. The number of carboxylic acid groups (broad SMARTS) is 1. The van der Waals surface area contributed by atoms with E-state index in [4.69, 9.17) is 10.8 Å². The molecule has 0 spiro atoms. The van der Waals surface area contributed by atoms with E-state index in [1.165, 1.54) is 18.2 Å². The van der Waals surface area contributed by atoms with Gasteiger partial charge in [0.25, 0.3) is 5.91 Å². The highest BCUT2D eigenvalue weighted by Gasteiger charge is 2.13.